The Kier molecular flexibility index (Phi) is 9.24. The predicted octanol–water partition coefficient (Wildman–Crippen LogP) is 9.11. The molecule has 1 aliphatic carbocycles. The van der Waals surface area contributed by atoms with Gasteiger partial charge in [0.15, 0.2) is 5.13 Å². The molecular weight excluding hydrogens is 569 g/mol. The summed E-state index contributed by atoms with van der Waals surface area (Å²) in [6.45, 7) is 0. The Morgan fingerprint density at radius 1 is 0.923 bits per heavy atom. The van der Waals surface area contributed by atoms with Gasteiger partial charge in [-0.05, 0) is 54.8 Å². The summed E-state index contributed by atoms with van der Waals surface area (Å²) in [5.74, 6) is -0.0376. The van der Waals surface area contributed by atoms with Crippen LogP contribution in [0, 0.1) is 5.92 Å². The van der Waals surface area contributed by atoms with E-state index < -0.39 is 5.25 Å². The van der Waals surface area contributed by atoms with Crippen LogP contribution in [0.3, 0.4) is 0 Å². The number of thiazole rings is 1. The van der Waals surface area contributed by atoms with Crippen molar-refractivity contribution < 1.29 is 9.59 Å². The van der Waals surface area contributed by atoms with Gasteiger partial charge in [0.1, 0.15) is 5.25 Å². The van der Waals surface area contributed by atoms with Crippen molar-refractivity contribution in [2.45, 2.75) is 42.2 Å². The first-order valence-electron chi connectivity index (χ1n) is 12.8. The molecule has 39 heavy (non-hydrogen) atoms. The van der Waals surface area contributed by atoms with Crippen LogP contribution in [0.4, 0.5) is 10.8 Å². The van der Waals surface area contributed by atoms with Crippen molar-refractivity contribution in [3.63, 3.8) is 0 Å². The molecule has 1 unspecified atom stereocenters. The molecule has 9 heteroatoms. The van der Waals surface area contributed by atoms with Crippen LogP contribution in [0.5, 0.6) is 0 Å². The molecule has 0 bridgehead atoms. The Labute approximate surface area is 246 Å². The molecule has 1 saturated carbocycles. The number of benzene rings is 3. The largest absolute Gasteiger partial charge is 0.326 e. The van der Waals surface area contributed by atoms with E-state index >= 15 is 0 Å². The fourth-order valence-electron chi connectivity index (χ4n) is 4.62. The fraction of sp³-hybridized carbons (Fsp3) is 0.233. The second-order valence-corrected chi connectivity index (χ2v) is 12.3. The van der Waals surface area contributed by atoms with E-state index in [4.69, 9.17) is 23.2 Å². The summed E-state index contributed by atoms with van der Waals surface area (Å²) < 4.78 is 0. The molecule has 0 radical (unpaired) electrons. The van der Waals surface area contributed by atoms with Crippen molar-refractivity contribution >= 4 is 68.9 Å². The second kappa shape index (κ2) is 13.0. The average molecular weight is 597 g/mol. The first-order chi connectivity index (χ1) is 19.0. The molecule has 1 fully saturated rings. The maximum Gasteiger partial charge on any atom is 0.244 e. The summed E-state index contributed by atoms with van der Waals surface area (Å²) >= 11 is 15.1. The van der Waals surface area contributed by atoms with E-state index in [9.17, 15) is 9.59 Å². The minimum Gasteiger partial charge on any atom is -0.326 e. The quantitative estimate of drug-likeness (QED) is 0.199. The molecule has 0 spiro atoms. The van der Waals surface area contributed by atoms with E-state index in [1.807, 2.05) is 66.0 Å². The van der Waals surface area contributed by atoms with Crippen LogP contribution in [0.1, 0.15) is 42.9 Å². The van der Waals surface area contributed by atoms with Crippen LogP contribution in [0.15, 0.2) is 83.1 Å². The molecule has 1 aliphatic rings. The zero-order chi connectivity index (χ0) is 27.2. The van der Waals surface area contributed by atoms with Gasteiger partial charge in [-0.2, -0.15) is 0 Å². The number of rotatable bonds is 8. The number of amides is 2. The number of carbonyl (C=O) groups excluding carboxylic acids is 2. The molecule has 3 aromatic carbocycles. The lowest BCUT2D eigenvalue weighted by molar-refractivity contribution is -0.120. The summed E-state index contributed by atoms with van der Waals surface area (Å²) in [5, 5.41) is 8.92. The molecule has 0 aliphatic heterocycles. The van der Waals surface area contributed by atoms with E-state index in [2.05, 4.69) is 15.6 Å². The van der Waals surface area contributed by atoms with Crippen molar-refractivity contribution in [3.05, 3.63) is 93.8 Å². The van der Waals surface area contributed by atoms with Crippen molar-refractivity contribution in [2.75, 3.05) is 10.6 Å². The molecular formula is C30H27Cl2N3O2S2. The van der Waals surface area contributed by atoms with Crippen molar-refractivity contribution in [1.82, 2.24) is 4.98 Å². The SMILES string of the molecule is O=C(Nc1cccc(SC(C(=O)Nc2nc(-c3ccc(Cl)cc3Cl)cs2)c2ccccc2)c1)C1CCCCC1. The van der Waals surface area contributed by atoms with Gasteiger partial charge in [-0.1, -0.05) is 78.9 Å². The number of hydrogen-bond acceptors (Lipinski definition) is 5. The van der Waals surface area contributed by atoms with Crippen molar-refractivity contribution in [3.8, 4) is 11.3 Å². The topological polar surface area (TPSA) is 71.1 Å². The van der Waals surface area contributed by atoms with E-state index in [1.165, 1.54) is 29.5 Å². The van der Waals surface area contributed by atoms with E-state index in [-0.39, 0.29) is 17.7 Å². The van der Waals surface area contributed by atoms with Gasteiger partial charge in [-0.25, -0.2) is 4.98 Å². The summed E-state index contributed by atoms with van der Waals surface area (Å²) in [7, 11) is 0. The van der Waals surface area contributed by atoms with Crippen LogP contribution < -0.4 is 10.6 Å². The van der Waals surface area contributed by atoms with Gasteiger partial charge in [0.25, 0.3) is 0 Å². The molecule has 5 rings (SSSR count). The standard InChI is InChI=1S/C30H27Cl2N3O2S2/c31-21-14-15-24(25(32)16-21)26-18-38-30(34-26)35-29(37)27(19-8-3-1-4-9-19)39-23-13-7-12-22(17-23)33-28(36)20-10-5-2-6-11-20/h1,3-4,7-9,12-18,20,27H,2,5-6,10-11H2,(H,33,36)(H,34,35,37). The minimum atomic E-state index is -0.526. The Morgan fingerprint density at radius 3 is 2.49 bits per heavy atom. The molecule has 0 saturated heterocycles. The number of nitrogens with one attached hydrogen (secondary N) is 2. The number of carbonyl (C=O) groups is 2. The highest BCUT2D eigenvalue weighted by molar-refractivity contribution is 8.00. The third-order valence-electron chi connectivity index (χ3n) is 6.61. The van der Waals surface area contributed by atoms with Gasteiger partial charge < -0.3 is 10.6 Å². The molecule has 200 valence electrons. The number of anilines is 2. The zero-order valence-corrected chi connectivity index (χ0v) is 24.2. The summed E-state index contributed by atoms with van der Waals surface area (Å²) in [5.41, 5.74) is 3.03. The maximum absolute atomic E-state index is 13.6. The zero-order valence-electron chi connectivity index (χ0n) is 21.0. The summed E-state index contributed by atoms with van der Waals surface area (Å²) in [6.07, 6.45) is 5.30. The molecule has 1 aromatic heterocycles. The van der Waals surface area contributed by atoms with Gasteiger partial charge >= 0.3 is 0 Å². The van der Waals surface area contributed by atoms with Crippen LogP contribution in [-0.2, 0) is 9.59 Å². The highest BCUT2D eigenvalue weighted by atomic mass is 35.5. The highest BCUT2D eigenvalue weighted by Gasteiger charge is 2.24. The Balaban J connectivity index is 1.32. The lowest BCUT2D eigenvalue weighted by Crippen LogP contribution is -2.24. The highest BCUT2D eigenvalue weighted by Crippen LogP contribution is 2.38. The van der Waals surface area contributed by atoms with Gasteiger partial charge in [-0.15, -0.1) is 23.1 Å². The van der Waals surface area contributed by atoms with Crippen LogP contribution in [0.2, 0.25) is 10.0 Å². The number of halogens is 2. The molecule has 1 atom stereocenters. The molecule has 1 heterocycles. The first kappa shape index (κ1) is 27.7. The normalized spacial score (nSPS) is 14.5. The second-order valence-electron chi connectivity index (χ2n) is 9.41. The number of hydrogen-bond donors (Lipinski definition) is 2. The van der Waals surface area contributed by atoms with Crippen molar-refractivity contribution in [1.29, 1.82) is 0 Å². The molecule has 4 aromatic rings. The van der Waals surface area contributed by atoms with E-state index in [0.717, 1.165) is 47.4 Å². The average Bonchev–Trinajstić information content (AvgIpc) is 3.40. The monoisotopic (exact) mass is 595 g/mol. The number of aromatic nitrogens is 1. The minimum absolute atomic E-state index is 0.0730. The number of nitrogens with zero attached hydrogens (tertiary/aromatic N) is 1. The third kappa shape index (κ3) is 7.22. The fourth-order valence-corrected chi connectivity index (χ4v) is 6.92. The van der Waals surface area contributed by atoms with Gasteiger partial charge in [0.2, 0.25) is 11.8 Å². The third-order valence-corrected chi connectivity index (χ3v) is 9.17. The lowest BCUT2D eigenvalue weighted by atomic mass is 9.88. The van der Waals surface area contributed by atoms with Gasteiger partial charge in [-0.3, -0.25) is 9.59 Å². The van der Waals surface area contributed by atoms with Crippen molar-refractivity contribution in [2.24, 2.45) is 5.92 Å². The molecule has 2 N–H and O–H groups in total. The first-order valence-corrected chi connectivity index (χ1v) is 15.3. The Bertz CT molecular complexity index is 1460. The lowest BCUT2D eigenvalue weighted by Gasteiger charge is -2.21. The Hall–Kier alpha value is -2.84. The molecule has 5 nitrogen and oxygen atoms in total. The summed E-state index contributed by atoms with van der Waals surface area (Å²) in [6, 6.07) is 22.6. The summed E-state index contributed by atoms with van der Waals surface area (Å²) in [4.78, 5) is 31.8. The van der Waals surface area contributed by atoms with E-state index in [1.54, 1.807) is 12.1 Å². The van der Waals surface area contributed by atoms with Crippen LogP contribution >= 0.6 is 46.3 Å². The van der Waals surface area contributed by atoms with Crippen LogP contribution in [-0.4, -0.2) is 16.8 Å². The Morgan fingerprint density at radius 2 is 1.72 bits per heavy atom. The predicted molar refractivity (Wildman–Crippen MR) is 163 cm³/mol. The smallest absolute Gasteiger partial charge is 0.244 e. The molecule has 2 amide bonds. The van der Waals surface area contributed by atoms with Crippen LogP contribution in [0.25, 0.3) is 11.3 Å². The van der Waals surface area contributed by atoms with Gasteiger partial charge in [0, 0.05) is 32.5 Å². The number of thioether (sulfide) groups is 1. The maximum atomic E-state index is 13.6. The van der Waals surface area contributed by atoms with E-state index in [0.29, 0.717) is 20.9 Å². The van der Waals surface area contributed by atoms with Gasteiger partial charge in [0.05, 0.1) is 10.7 Å².